The average molecular weight is 341 g/mol. The predicted octanol–water partition coefficient (Wildman–Crippen LogP) is 2.99. The lowest BCUT2D eigenvalue weighted by atomic mass is 10.0. The number of aromatic nitrogens is 1. The van der Waals surface area contributed by atoms with E-state index in [2.05, 4.69) is 4.98 Å². The van der Waals surface area contributed by atoms with Gasteiger partial charge in [0.1, 0.15) is 11.6 Å². The number of hydrogen-bond donors (Lipinski definition) is 2. The van der Waals surface area contributed by atoms with Crippen molar-refractivity contribution in [2.45, 2.75) is 4.90 Å². The summed E-state index contributed by atoms with van der Waals surface area (Å²) in [7, 11) is -3.25. The maximum Gasteiger partial charge on any atom is 0.175 e. The Bertz CT molecular complexity index is 992. The summed E-state index contributed by atoms with van der Waals surface area (Å²) in [4.78, 5) is 4.55. The van der Waals surface area contributed by atoms with Gasteiger partial charge in [0.25, 0.3) is 0 Å². The minimum absolute atomic E-state index is 0.209. The van der Waals surface area contributed by atoms with E-state index in [9.17, 15) is 8.42 Å². The number of hydrogen-bond acceptors (Lipinski definition) is 6. The fraction of sp³-hybridized carbons (Fsp3) is 0.0588. The highest BCUT2D eigenvalue weighted by Gasteiger charge is 2.14. The molecule has 0 unspecified atom stereocenters. The molecule has 0 bridgehead atoms. The molecule has 0 fully saturated rings. The number of pyridine rings is 1. The molecule has 24 heavy (non-hydrogen) atoms. The van der Waals surface area contributed by atoms with Gasteiger partial charge >= 0.3 is 0 Å². The van der Waals surface area contributed by atoms with E-state index in [0.717, 1.165) is 18.0 Å². The van der Waals surface area contributed by atoms with Crippen LogP contribution in [0.15, 0.2) is 58.0 Å². The summed E-state index contributed by atoms with van der Waals surface area (Å²) in [5.74, 6) is 0.790. The molecule has 2 aromatic heterocycles. The summed E-state index contributed by atoms with van der Waals surface area (Å²) in [6, 6.07) is 11.7. The molecule has 7 heteroatoms. The summed E-state index contributed by atoms with van der Waals surface area (Å²) < 4.78 is 28.5. The first-order valence-corrected chi connectivity index (χ1v) is 8.94. The van der Waals surface area contributed by atoms with E-state index < -0.39 is 9.84 Å². The van der Waals surface area contributed by atoms with Gasteiger partial charge in [-0.25, -0.2) is 13.4 Å². The molecular formula is C17H15N3O3S. The predicted molar refractivity (Wildman–Crippen MR) is 92.8 cm³/mol. The normalized spacial score (nSPS) is 11.4. The van der Waals surface area contributed by atoms with Crippen molar-refractivity contribution in [2.24, 2.45) is 0 Å². The van der Waals surface area contributed by atoms with Gasteiger partial charge in [0.15, 0.2) is 9.84 Å². The van der Waals surface area contributed by atoms with Gasteiger partial charge in [-0.05, 0) is 30.3 Å². The Balaban J connectivity index is 2.14. The standard InChI is InChI=1S/C17H15N3O3S/c1-24(21,22)12-6-4-11(5-7-12)15-9-13(16-3-2-8-23-16)14(10-18)17(19)20-15/h2-10,18H,1H3,(H2,19,20). The molecule has 0 saturated carbocycles. The quantitative estimate of drug-likeness (QED) is 0.709. The Kier molecular flexibility index (Phi) is 3.94. The fourth-order valence-corrected chi connectivity index (χ4v) is 3.01. The molecule has 0 aliphatic heterocycles. The molecule has 1 aromatic carbocycles. The molecule has 0 radical (unpaired) electrons. The second-order valence-electron chi connectivity index (χ2n) is 5.27. The van der Waals surface area contributed by atoms with Crippen molar-refractivity contribution < 1.29 is 12.8 Å². The van der Waals surface area contributed by atoms with Gasteiger partial charge in [-0.15, -0.1) is 0 Å². The third kappa shape index (κ3) is 2.93. The van der Waals surface area contributed by atoms with Gasteiger partial charge in [0.2, 0.25) is 0 Å². The number of furan rings is 1. The maximum absolute atomic E-state index is 11.6. The van der Waals surface area contributed by atoms with Gasteiger partial charge in [0.05, 0.1) is 16.9 Å². The van der Waals surface area contributed by atoms with Crippen LogP contribution in [0.1, 0.15) is 5.56 Å². The van der Waals surface area contributed by atoms with E-state index in [0.29, 0.717) is 22.6 Å². The number of sulfone groups is 1. The van der Waals surface area contributed by atoms with Crippen molar-refractivity contribution in [2.75, 3.05) is 12.0 Å². The lowest BCUT2D eigenvalue weighted by Crippen LogP contribution is -2.01. The maximum atomic E-state index is 11.6. The molecule has 0 amide bonds. The molecule has 3 rings (SSSR count). The summed E-state index contributed by atoms with van der Waals surface area (Å²) in [5.41, 5.74) is 8.40. The molecule has 2 heterocycles. The Morgan fingerprint density at radius 2 is 1.92 bits per heavy atom. The lowest BCUT2D eigenvalue weighted by molar-refractivity contribution is 0.582. The molecule has 0 spiro atoms. The van der Waals surface area contributed by atoms with Crippen molar-refractivity contribution in [3.63, 3.8) is 0 Å². The van der Waals surface area contributed by atoms with Crippen LogP contribution in [0, 0.1) is 5.41 Å². The van der Waals surface area contributed by atoms with Gasteiger partial charge in [-0.2, -0.15) is 0 Å². The third-order valence-electron chi connectivity index (χ3n) is 3.60. The van der Waals surface area contributed by atoms with E-state index in [1.165, 1.54) is 12.1 Å². The molecule has 3 aromatic rings. The highest BCUT2D eigenvalue weighted by Crippen LogP contribution is 2.31. The van der Waals surface area contributed by atoms with Gasteiger partial charge in [-0.3, -0.25) is 0 Å². The highest BCUT2D eigenvalue weighted by atomic mass is 32.2. The number of nitrogen functional groups attached to an aromatic ring is 1. The molecule has 0 aliphatic rings. The Morgan fingerprint density at radius 1 is 1.21 bits per heavy atom. The summed E-state index contributed by atoms with van der Waals surface area (Å²) in [6.45, 7) is 0. The van der Waals surface area contributed by atoms with Crippen molar-refractivity contribution >= 4 is 21.9 Å². The third-order valence-corrected chi connectivity index (χ3v) is 4.73. The minimum atomic E-state index is -3.25. The minimum Gasteiger partial charge on any atom is -0.464 e. The van der Waals surface area contributed by atoms with E-state index in [-0.39, 0.29) is 10.7 Å². The molecule has 3 N–H and O–H groups in total. The average Bonchev–Trinajstić information content (AvgIpc) is 3.07. The number of rotatable bonds is 4. The zero-order valence-corrected chi connectivity index (χ0v) is 13.7. The lowest BCUT2D eigenvalue weighted by Gasteiger charge is -2.10. The number of nitrogens with one attached hydrogen (secondary N) is 1. The van der Waals surface area contributed by atoms with Crippen molar-refractivity contribution in [1.29, 1.82) is 5.41 Å². The highest BCUT2D eigenvalue weighted by molar-refractivity contribution is 7.90. The van der Waals surface area contributed by atoms with Crippen LogP contribution in [0.3, 0.4) is 0 Å². The first kappa shape index (κ1) is 15.9. The van der Waals surface area contributed by atoms with Crippen LogP contribution in [0.2, 0.25) is 0 Å². The van der Waals surface area contributed by atoms with Crippen molar-refractivity contribution in [3.05, 3.63) is 54.3 Å². The second kappa shape index (κ2) is 5.93. The molecular weight excluding hydrogens is 326 g/mol. The summed E-state index contributed by atoms with van der Waals surface area (Å²) >= 11 is 0. The Hall–Kier alpha value is -2.93. The van der Waals surface area contributed by atoms with Gasteiger partial charge in [-0.1, -0.05) is 12.1 Å². The Labute approximate surface area is 139 Å². The van der Waals surface area contributed by atoms with Crippen LogP contribution in [-0.4, -0.2) is 25.9 Å². The van der Waals surface area contributed by atoms with E-state index in [1.807, 2.05) is 0 Å². The van der Waals surface area contributed by atoms with E-state index in [1.54, 1.807) is 36.6 Å². The van der Waals surface area contributed by atoms with Gasteiger partial charge < -0.3 is 15.6 Å². The molecule has 0 atom stereocenters. The van der Waals surface area contributed by atoms with Crippen molar-refractivity contribution in [1.82, 2.24) is 4.98 Å². The van der Waals surface area contributed by atoms with Crippen LogP contribution in [0.5, 0.6) is 0 Å². The number of nitrogens with two attached hydrogens (primary N) is 1. The first-order valence-electron chi connectivity index (χ1n) is 7.05. The summed E-state index contributed by atoms with van der Waals surface area (Å²) in [6.07, 6.45) is 3.84. The Morgan fingerprint density at radius 3 is 2.46 bits per heavy atom. The van der Waals surface area contributed by atoms with Crippen molar-refractivity contribution in [3.8, 4) is 22.6 Å². The van der Waals surface area contributed by atoms with Crippen LogP contribution in [0.4, 0.5) is 5.82 Å². The number of benzene rings is 1. The van der Waals surface area contributed by atoms with Crippen LogP contribution >= 0.6 is 0 Å². The van der Waals surface area contributed by atoms with Crippen LogP contribution < -0.4 is 5.73 Å². The first-order chi connectivity index (χ1) is 11.4. The largest absolute Gasteiger partial charge is 0.464 e. The van der Waals surface area contributed by atoms with E-state index >= 15 is 0 Å². The molecule has 0 aliphatic carbocycles. The summed E-state index contributed by atoms with van der Waals surface area (Å²) in [5, 5.41) is 7.55. The monoisotopic (exact) mass is 341 g/mol. The molecule has 6 nitrogen and oxygen atoms in total. The molecule has 122 valence electrons. The van der Waals surface area contributed by atoms with Crippen LogP contribution in [0.25, 0.3) is 22.6 Å². The van der Waals surface area contributed by atoms with Gasteiger partial charge in [0, 0.05) is 29.2 Å². The fourth-order valence-electron chi connectivity index (χ4n) is 2.38. The smallest absolute Gasteiger partial charge is 0.175 e. The SMILES string of the molecule is CS(=O)(=O)c1ccc(-c2cc(-c3ccco3)c(C=N)c(N)n2)cc1. The zero-order chi connectivity index (χ0) is 17.3. The topological polar surface area (TPSA) is 110 Å². The van der Waals surface area contributed by atoms with E-state index in [4.69, 9.17) is 15.6 Å². The second-order valence-corrected chi connectivity index (χ2v) is 7.29. The number of nitrogens with zero attached hydrogens (tertiary/aromatic N) is 1. The number of anilines is 1. The zero-order valence-electron chi connectivity index (χ0n) is 12.9. The molecule has 0 saturated heterocycles. The van der Waals surface area contributed by atoms with Crippen LogP contribution in [-0.2, 0) is 9.84 Å².